The molecule has 1 heterocycles. The van der Waals surface area contributed by atoms with E-state index in [9.17, 15) is 4.79 Å². The van der Waals surface area contributed by atoms with E-state index in [1.807, 2.05) is 24.3 Å². The third kappa shape index (κ3) is 3.96. The van der Waals surface area contributed by atoms with Gasteiger partial charge in [0.2, 0.25) is 0 Å². The molecule has 0 aromatic heterocycles. The minimum atomic E-state index is -0.120. The SMILES string of the molecule is CN1CCc2ccc(NC(=O)c3cccc(Br)c3C(C)(C)C)cc2C1. The van der Waals surface area contributed by atoms with Gasteiger partial charge in [0.25, 0.3) is 5.91 Å². The lowest BCUT2D eigenvalue weighted by Crippen LogP contribution is -2.26. The van der Waals surface area contributed by atoms with Crippen LogP contribution in [0.15, 0.2) is 40.9 Å². The molecule has 0 aliphatic carbocycles. The second-order valence-electron chi connectivity index (χ2n) is 7.84. The van der Waals surface area contributed by atoms with Crippen molar-refractivity contribution >= 4 is 27.5 Å². The number of carbonyl (C=O) groups is 1. The van der Waals surface area contributed by atoms with Gasteiger partial charge in [0.15, 0.2) is 0 Å². The maximum Gasteiger partial charge on any atom is 0.256 e. The van der Waals surface area contributed by atoms with Crippen molar-refractivity contribution in [1.29, 1.82) is 0 Å². The molecule has 0 fully saturated rings. The van der Waals surface area contributed by atoms with Crippen molar-refractivity contribution in [3.63, 3.8) is 0 Å². The third-order valence-electron chi connectivity index (χ3n) is 4.68. The van der Waals surface area contributed by atoms with Gasteiger partial charge < -0.3 is 10.2 Å². The first-order valence-electron chi connectivity index (χ1n) is 8.66. The Morgan fingerprint density at radius 2 is 1.92 bits per heavy atom. The molecule has 0 unspecified atom stereocenters. The van der Waals surface area contributed by atoms with Crippen LogP contribution in [-0.4, -0.2) is 24.4 Å². The summed E-state index contributed by atoms with van der Waals surface area (Å²) in [5, 5.41) is 3.08. The van der Waals surface area contributed by atoms with Gasteiger partial charge in [-0.1, -0.05) is 48.8 Å². The fourth-order valence-corrected chi connectivity index (χ4v) is 4.41. The number of rotatable bonds is 2. The van der Waals surface area contributed by atoms with Gasteiger partial charge in [-0.2, -0.15) is 0 Å². The highest BCUT2D eigenvalue weighted by molar-refractivity contribution is 9.10. The Balaban J connectivity index is 1.89. The maximum atomic E-state index is 12.9. The minimum absolute atomic E-state index is 0.0599. The Bertz CT molecular complexity index is 808. The molecule has 0 atom stereocenters. The number of carbonyl (C=O) groups excluding carboxylic acids is 1. The van der Waals surface area contributed by atoms with E-state index in [0.29, 0.717) is 0 Å². The average molecular weight is 401 g/mol. The summed E-state index contributed by atoms with van der Waals surface area (Å²) in [6, 6.07) is 12.1. The highest BCUT2D eigenvalue weighted by Gasteiger charge is 2.24. The summed E-state index contributed by atoms with van der Waals surface area (Å²) < 4.78 is 0.972. The second-order valence-corrected chi connectivity index (χ2v) is 8.69. The number of nitrogens with one attached hydrogen (secondary N) is 1. The average Bonchev–Trinajstić information content (AvgIpc) is 2.53. The molecule has 0 saturated heterocycles. The number of amides is 1. The Morgan fingerprint density at radius 3 is 2.64 bits per heavy atom. The van der Waals surface area contributed by atoms with Gasteiger partial charge in [-0.05, 0) is 59.8 Å². The minimum Gasteiger partial charge on any atom is -0.322 e. The van der Waals surface area contributed by atoms with Crippen molar-refractivity contribution in [2.75, 3.05) is 18.9 Å². The van der Waals surface area contributed by atoms with Crippen LogP contribution in [-0.2, 0) is 18.4 Å². The number of anilines is 1. The molecule has 1 amide bonds. The lowest BCUT2D eigenvalue weighted by atomic mass is 9.83. The van der Waals surface area contributed by atoms with Gasteiger partial charge in [-0.15, -0.1) is 0 Å². The standard InChI is InChI=1S/C21H25BrN2O/c1-21(2,3)19-17(6-5-7-18(19)22)20(25)23-16-9-8-14-10-11-24(4)13-15(14)12-16/h5-9,12H,10-11,13H2,1-4H3,(H,23,25). The molecule has 2 aromatic carbocycles. The molecule has 0 bridgehead atoms. The summed E-state index contributed by atoms with van der Waals surface area (Å²) in [4.78, 5) is 15.2. The summed E-state index contributed by atoms with van der Waals surface area (Å²) in [5.74, 6) is -0.0599. The topological polar surface area (TPSA) is 32.3 Å². The van der Waals surface area contributed by atoms with Crippen molar-refractivity contribution in [3.8, 4) is 0 Å². The van der Waals surface area contributed by atoms with Gasteiger partial charge in [-0.3, -0.25) is 4.79 Å². The second kappa shape index (κ2) is 6.93. The van der Waals surface area contributed by atoms with Gasteiger partial charge in [-0.25, -0.2) is 0 Å². The lowest BCUT2D eigenvalue weighted by molar-refractivity contribution is 0.102. The van der Waals surface area contributed by atoms with E-state index in [-0.39, 0.29) is 11.3 Å². The van der Waals surface area contributed by atoms with Crippen LogP contribution in [0.5, 0.6) is 0 Å². The quantitative estimate of drug-likeness (QED) is 0.769. The lowest BCUT2D eigenvalue weighted by Gasteiger charge is -2.26. The Morgan fingerprint density at radius 1 is 1.16 bits per heavy atom. The zero-order valence-electron chi connectivity index (χ0n) is 15.3. The van der Waals surface area contributed by atoms with Gasteiger partial charge in [0, 0.05) is 28.8 Å². The van der Waals surface area contributed by atoms with Crippen LogP contribution < -0.4 is 5.32 Å². The van der Waals surface area contributed by atoms with E-state index < -0.39 is 0 Å². The summed E-state index contributed by atoms with van der Waals surface area (Å²) >= 11 is 3.61. The molecule has 25 heavy (non-hydrogen) atoms. The highest BCUT2D eigenvalue weighted by atomic mass is 79.9. The number of hydrogen-bond donors (Lipinski definition) is 1. The largest absolute Gasteiger partial charge is 0.322 e. The number of hydrogen-bond acceptors (Lipinski definition) is 2. The van der Waals surface area contributed by atoms with Crippen molar-refractivity contribution < 1.29 is 4.79 Å². The Hall–Kier alpha value is -1.65. The molecule has 1 N–H and O–H groups in total. The normalized spacial score (nSPS) is 14.9. The van der Waals surface area contributed by atoms with Crippen molar-refractivity contribution in [1.82, 2.24) is 4.90 Å². The maximum absolute atomic E-state index is 12.9. The summed E-state index contributed by atoms with van der Waals surface area (Å²) in [5.41, 5.74) is 5.18. The van der Waals surface area contributed by atoms with Gasteiger partial charge in [0.1, 0.15) is 0 Å². The smallest absolute Gasteiger partial charge is 0.256 e. The van der Waals surface area contributed by atoms with Crippen LogP contribution in [0.4, 0.5) is 5.69 Å². The molecule has 3 nitrogen and oxygen atoms in total. The van der Waals surface area contributed by atoms with Crippen molar-refractivity contribution in [2.45, 2.75) is 39.2 Å². The zero-order valence-corrected chi connectivity index (χ0v) is 16.9. The fraction of sp³-hybridized carbons (Fsp3) is 0.381. The number of benzene rings is 2. The van der Waals surface area contributed by atoms with Crippen molar-refractivity contribution in [3.05, 3.63) is 63.1 Å². The van der Waals surface area contributed by atoms with Crippen LogP contribution in [0.25, 0.3) is 0 Å². The molecule has 2 aromatic rings. The molecule has 1 aliphatic heterocycles. The van der Waals surface area contributed by atoms with Crippen LogP contribution in [0, 0.1) is 0 Å². The molecule has 0 radical (unpaired) electrons. The summed E-state index contributed by atoms with van der Waals surface area (Å²) in [6.45, 7) is 8.39. The highest BCUT2D eigenvalue weighted by Crippen LogP contribution is 2.33. The van der Waals surface area contributed by atoms with Crippen LogP contribution in [0.2, 0.25) is 0 Å². The summed E-state index contributed by atoms with van der Waals surface area (Å²) in [6.07, 6.45) is 1.07. The first-order valence-corrected chi connectivity index (χ1v) is 9.45. The molecular formula is C21H25BrN2O. The van der Waals surface area contributed by atoms with E-state index in [2.05, 4.69) is 66.1 Å². The Labute approximate surface area is 158 Å². The third-order valence-corrected chi connectivity index (χ3v) is 5.34. The molecule has 3 rings (SSSR count). The molecule has 0 spiro atoms. The van der Waals surface area contributed by atoms with E-state index in [1.165, 1.54) is 11.1 Å². The Kier molecular flexibility index (Phi) is 5.03. The first-order chi connectivity index (χ1) is 11.8. The van der Waals surface area contributed by atoms with E-state index >= 15 is 0 Å². The monoisotopic (exact) mass is 400 g/mol. The summed E-state index contributed by atoms with van der Waals surface area (Å²) in [7, 11) is 2.13. The predicted octanol–water partition coefficient (Wildman–Crippen LogP) is 4.99. The van der Waals surface area contributed by atoms with Crippen LogP contribution in [0.3, 0.4) is 0 Å². The van der Waals surface area contributed by atoms with Gasteiger partial charge >= 0.3 is 0 Å². The number of likely N-dealkylation sites (N-methyl/N-ethyl adjacent to an activating group) is 1. The predicted molar refractivity (Wildman–Crippen MR) is 107 cm³/mol. The van der Waals surface area contributed by atoms with Crippen LogP contribution in [0.1, 0.15) is 47.8 Å². The number of nitrogens with zero attached hydrogens (tertiary/aromatic N) is 1. The molecule has 4 heteroatoms. The molecule has 132 valence electrons. The number of halogens is 1. The van der Waals surface area contributed by atoms with E-state index in [1.54, 1.807) is 0 Å². The molecule has 0 saturated carbocycles. The fourth-order valence-electron chi connectivity index (χ4n) is 3.45. The van der Waals surface area contributed by atoms with E-state index in [4.69, 9.17) is 0 Å². The van der Waals surface area contributed by atoms with Gasteiger partial charge in [0.05, 0.1) is 0 Å². The number of fused-ring (bicyclic) bond motifs is 1. The zero-order chi connectivity index (χ0) is 18.2. The molecule has 1 aliphatic rings. The van der Waals surface area contributed by atoms with Crippen molar-refractivity contribution in [2.24, 2.45) is 0 Å². The first kappa shape index (κ1) is 18.2. The molecular weight excluding hydrogens is 376 g/mol. The van der Waals surface area contributed by atoms with Crippen LogP contribution >= 0.6 is 15.9 Å². The van der Waals surface area contributed by atoms with E-state index in [0.717, 1.165) is 40.8 Å².